The van der Waals surface area contributed by atoms with E-state index in [1.165, 1.54) is 5.06 Å². The Morgan fingerprint density at radius 1 is 1.18 bits per heavy atom. The van der Waals surface area contributed by atoms with Gasteiger partial charge in [0.2, 0.25) is 5.91 Å². The summed E-state index contributed by atoms with van der Waals surface area (Å²) in [5.41, 5.74) is 1.03. The van der Waals surface area contributed by atoms with Crippen LogP contribution in [0.2, 0.25) is 0 Å². The molecule has 3 amide bonds. The summed E-state index contributed by atoms with van der Waals surface area (Å²) in [5, 5.41) is 1.48. The summed E-state index contributed by atoms with van der Waals surface area (Å²) in [7, 11) is 1.81. The van der Waals surface area contributed by atoms with Crippen molar-refractivity contribution in [1.29, 1.82) is 0 Å². The SMILES string of the molecule is CN1CC2CC3CN(C(=O)N3OCc3ccccc3)C2C1=O. The Labute approximate surface area is 129 Å². The van der Waals surface area contributed by atoms with E-state index in [9.17, 15) is 9.59 Å². The Hall–Kier alpha value is -2.08. The van der Waals surface area contributed by atoms with Crippen molar-refractivity contribution in [2.75, 3.05) is 20.1 Å². The predicted molar refractivity (Wildman–Crippen MR) is 78.5 cm³/mol. The third kappa shape index (κ3) is 1.98. The molecule has 116 valence electrons. The molecule has 1 aromatic carbocycles. The first-order chi connectivity index (χ1) is 10.6. The summed E-state index contributed by atoms with van der Waals surface area (Å²) in [6, 6.07) is 9.39. The van der Waals surface area contributed by atoms with Crippen molar-refractivity contribution in [3.63, 3.8) is 0 Å². The lowest BCUT2D eigenvalue weighted by Crippen LogP contribution is -2.47. The van der Waals surface area contributed by atoms with E-state index < -0.39 is 0 Å². The second-order valence-corrected chi connectivity index (χ2v) is 6.33. The molecule has 3 heterocycles. The van der Waals surface area contributed by atoms with E-state index in [1.54, 1.807) is 9.80 Å². The summed E-state index contributed by atoms with van der Waals surface area (Å²) in [4.78, 5) is 34.0. The highest BCUT2D eigenvalue weighted by Gasteiger charge is 2.55. The highest BCUT2D eigenvalue weighted by atomic mass is 16.7. The maximum atomic E-state index is 12.6. The molecule has 0 aliphatic carbocycles. The molecule has 6 heteroatoms. The molecule has 3 unspecified atom stereocenters. The van der Waals surface area contributed by atoms with Crippen molar-refractivity contribution in [3.05, 3.63) is 35.9 Å². The van der Waals surface area contributed by atoms with E-state index >= 15 is 0 Å². The molecule has 3 saturated heterocycles. The van der Waals surface area contributed by atoms with Crippen LogP contribution in [0.3, 0.4) is 0 Å². The largest absolute Gasteiger partial charge is 0.345 e. The van der Waals surface area contributed by atoms with Crippen molar-refractivity contribution in [3.8, 4) is 0 Å². The Bertz CT molecular complexity index is 606. The number of rotatable bonds is 3. The lowest BCUT2D eigenvalue weighted by atomic mass is 9.91. The monoisotopic (exact) mass is 301 g/mol. The molecule has 2 bridgehead atoms. The van der Waals surface area contributed by atoms with Crippen LogP contribution in [0.15, 0.2) is 30.3 Å². The minimum atomic E-state index is -0.293. The second-order valence-electron chi connectivity index (χ2n) is 6.33. The van der Waals surface area contributed by atoms with Gasteiger partial charge in [-0.15, -0.1) is 0 Å². The minimum absolute atomic E-state index is 0.0526. The van der Waals surface area contributed by atoms with Gasteiger partial charge in [-0.1, -0.05) is 30.3 Å². The molecule has 0 saturated carbocycles. The lowest BCUT2D eigenvalue weighted by molar-refractivity contribution is -0.142. The topological polar surface area (TPSA) is 53.1 Å². The summed E-state index contributed by atoms with van der Waals surface area (Å²) in [6.45, 7) is 1.70. The molecular weight excluding hydrogens is 282 g/mol. The summed E-state index contributed by atoms with van der Waals surface area (Å²) in [5.74, 6) is 0.284. The van der Waals surface area contributed by atoms with Crippen molar-refractivity contribution in [2.24, 2.45) is 5.92 Å². The number of piperidine rings is 1. The number of amides is 3. The molecule has 6 nitrogen and oxygen atoms in total. The number of benzene rings is 1. The zero-order valence-electron chi connectivity index (χ0n) is 12.5. The van der Waals surface area contributed by atoms with Gasteiger partial charge in [-0.25, -0.2) is 4.79 Å². The number of carbonyl (C=O) groups is 2. The van der Waals surface area contributed by atoms with E-state index in [-0.39, 0.29) is 29.9 Å². The number of carbonyl (C=O) groups excluding carboxylic acids is 2. The van der Waals surface area contributed by atoms with Gasteiger partial charge in [-0.3, -0.25) is 9.63 Å². The number of urea groups is 1. The molecule has 22 heavy (non-hydrogen) atoms. The molecule has 1 aromatic rings. The van der Waals surface area contributed by atoms with Gasteiger partial charge < -0.3 is 9.80 Å². The van der Waals surface area contributed by atoms with Crippen molar-refractivity contribution in [1.82, 2.24) is 14.9 Å². The van der Waals surface area contributed by atoms with Crippen LogP contribution in [-0.4, -0.2) is 59.0 Å². The van der Waals surface area contributed by atoms with Gasteiger partial charge in [0.1, 0.15) is 12.6 Å². The van der Waals surface area contributed by atoms with Crippen LogP contribution >= 0.6 is 0 Å². The third-order valence-electron chi connectivity index (χ3n) is 4.88. The molecule has 0 aromatic heterocycles. The molecule has 0 spiro atoms. The van der Waals surface area contributed by atoms with Crippen LogP contribution in [0.25, 0.3) is 0 Å². The van der Waals surface area contributed by atoms with E-state index in [2.05, 4.69) is 0 Å². The molecule has 4 rings (SSSR count). The van der Waals surface area contributed by atoms with Gasteiger partial charge in [-0.2, -0.15) is 5.06 Å². The fourth-order valence-corrected chi connectivity index (χ4v) is 3.85. The lowest BCUT2D eigenvalue weighted by Gasteiger charge is -2.30. The molecule has 3 aliphatic heterocycles. The zero-order valence-corrected chi connectivity index (χ0v) is 12.5. The summed E-state index contributed by atoms with van der Waals surface area (Å²) < 4.78 is 0. The number of likely N-dealkylation sites (N-methyl/N-ethyl adjacent to an activating group) is 1. The Kier molecular flexibility index (Phi) is 3.07. The number of likely N-dealkylation sites (tertiary alicyclic amines) is 1. The molecule has 3 atom stereocenters. The second kappa shape index (κ2) is 4.98. The number of nitrogens with zero attached hydrogens (tertiary/aromatic N) is 3. The molecule has 0 N–H and O–H groups in total. The Morgan fingerprint density at radius 2 is 1.95 bits per heavy atom. The van der Waals surface area contributed by atoms with E-state index in [0.29, 0.717) is 13.2 Å². The molecule has 0 radical (unpaired) electrons. The quantitative estimate of drug-likeness (QED) is 0.839. The molecule has 3 aliphatic rings. The highest BCUT2D eigenvalue weighted by Crippen LogP contribution is 2.38. The smallest absolute Gasteiger partial charge is 0.344 e. The van der Waals surface area contributed by atoms with Gasteiger partial charge in [0.15, 0.2) is 0 Å². The summed E-state index contributed by atoms with van der Waals surface area (Å²) in [6.07, 6.45) is 0.831. The maximum Gasteiger partial charge on any atom is 0.345 e. The first-order valence-electron chi connectivity index (χ1n) is 7.67. The standard InChI is InChI=1S/C16H19N3O3/c1-17-8-12-7-13-9-18(14(12)15(17)20)16(21)19(13)22-10-11-5-3-2-4-6-11/h2-6,12-14H,7-10H2,1H3. The zero-order chi connectivity index (χ0) is 15.3. The van der Waals surface area contributed by atoms with Crippen LogP contribution in [0.4, 0.5) is 4.79 Å². The predicted octanol–water partition coefficient (Wildman–Crippen LogP) is 1.08. The van der Waals surface area contributed by atoms with E-state index in [1.807, 2.05) is 37.4 Å². The van der Waals surface area contributed by atoms with Crippen molar-refractivity contribution in [2.45, 2.75) is 25.1 Å². The highest BCUT2D eigenvalue weighted by molar-refractivity contribution is 5.90. The van der Waals surface area contributed by atoms with Crippen LogP contribution in [-0.2, 0) is 16.2 Å². The third-order valence-corrected chi connectivity index (χ3v) is 4.88. The van der Waals surface area contributed by atoms with Crippen LogP contribution in [0.1, 0.15) is 12.0 Å². The van der Waals surface area contributed by atoms with Crippen molar-refractivity contribution < 1.29 is 14.4 Å². The van der Waals surface area contributed by atoms with Gasteiger partial charge >= 0.3 is 6.03 Å². The Morgan fingerprint density at radius 3 is 2.73 bits per heavy atom. The van der Waals surface area contributed by atoms with Gasteiger partial charge in [0.25, 0.3) is 0 Å². The van der Waals surface area contributed by atoms with E-state index in [4.69, 9.17) is 4.84 Å². The molecule has 3 fully saturated rings. The average Bonchev–Trinajstić information content (AvgIpc) is 2.95. The van der Waals surface area contributed by atoms with Gasteiger partial charge in [0, 0.05) is 26.1 Å². The number of hydrogen-bond donors (Lipinski definition) is 0. The Balaban J connectivity index is 1.49. The first-order valence-corrected chi connectivity index (χ1v) is 7.67. The number of hydrogen-bond acceptors (Lipinski definition) is 3. The number of fused-ring (bicyclic) bond motifs is 4. The molecular formula is C16H19N3O3. The van der Waals surface area contributed by atoms with Crippen LogP contribution in [0.5, 0.6) is 0 Å². The van der Waals surface area contributed by atoms with Gasteiger partial charge in [0.05, 0.1) is 6.04 Å². The normalized spacial score (nSPS) is 30.2. The fourth-order valence-electron chi connectivity index (χ4n) is 3.85. The van der Waals surface area contributed by atoms with Gasteiger partial charge in [-0.05, 0) is 12.0 Å². The van der Waals surface area contributed by atoms with E-state index in [0.717, 1.165) is 18.5 Å². The fraction of sp³-hybridized carbons (Fsp3) is 0.500. The minimum Gasteiger partial charge on any atom is -0.344 e. The van der Waals surface area contributed by atoms with Crippen LogP contribution < -0.4 is 0 Å². The first kappa shape index (κ1) is 13.6. The summed E-state index contributed by atoms with van der Waals surface area (Å²) >= 11 is 0. The van der Waals surface area contributed by atoms with Crippen LogP contribution in [0, 0.1) is 5.92 Å². The maximum absolute atomic E-state index is 12.6. The number of hydroxylamine groups is 2. The average molecular weight is 301 g/mol. The van der Waals surface area contributed by atoms with Crippen molar-refractivity contribution >= 4 is 11.9 Å².